The summed E-state index contributed by atoms with van der Waals surface area (Å²) in [6.07, 6.45) is -3.84. The van der Waals surface area contributed by atoms with Crippen LogP contribution in [-0.2, 0) is 0 Å². The average Bonchev–Trinajstić information content (AvgIpc) is 2.42. The van der Waals surface area contributed by atoms with Crippen molar-refractivity contribution >= 4 is 17.1 Å². The molecule has 0 aliphatic rings. The monoisotopic (exact) mass is 289 g/mol. The molecule has 6 nitrogen and oxygen atoms in total. The van der Waals surface area contributed by atoms with E-state index < -0.39 is 17.5 Å². The Balaban J connectivity index is 2.82. The lowest BCUT2D eigenvalue weighted by Gasteiger charge is -2.13. The van der Waals surface area contributed by atoms with Crippen LogP contribution in [0.3, 0.4) is 0 Å². The number of benzene rings is 1. The normalized spacial score (nSPS) is 12.2. The van der Waals surface area contributed by atoms with E-state index in [0.29, 0.717) is 17.9 Å². The van der Waals surface area contributed by atoms with Crippen molar-refractivity contribution in [3.8, 4) is 0 Å². The summed E-state index contributed by atoms with van der Waals surface area (Å²) >= 11 is 0. The number of nitrogens with zero attached hydrogens (tertiary/aromatic N) is 1. The molecule has 0 saturated carbocycles. The minimum absolute atomic E-state index is 0.153. The topological polar surface area (TPSA) is 87.4 Å². The van der Waals surface area contributed by atoms with E-state index in [2.05, 4.69) is 10.6 Å². The highest BCUT2D eigenvalue weighted by Crippen LogP contribution is 2.24. The SMILES string of the molecule is CCCNc1cc(NCC(O)C(F)F)cc([N+](=O)[O-])c1. The summed E-state index contributed by atoms with van der Waals surface area (Å²) < 4.78 is 24.3. The summed E-state index contributed by atoms with van der Waals surface area (Å²) in [6.45, 7) is 2.20. The van der Waals surface area contributed by atoms with Crippen molar-refractivity contribution < 1.29 is 18.8 Å². The highest BCUT2D eigenvalue weighted by Gasteiger charge is 2.17. The third kappa shape index (κ3) is 4.96. The Bertz CT molecular complexity index is 458. The van der Waals surface area contributed by atoms with Gasteiger partial charge in [-0.25, -0.2) is 8.78 Å². The van der Waals surface area contributed by atoms with E-state index >= 15 is 0 Å². The lowest BCUT2D eigenvalue weighted by molar-refractivity contribution is -0.384. The van der Waals surface area contributed by atoms with Gasteiger partial charge in [-0.1, -0.05) is 6.92 Å². The second-order valence-electron chi connectivity index (χ2n) is 4.24. The number of hydrogen-bond donors (Lipinski definition) is 3. The Morgan fingerprint density at radius 2 is 1.90 bits per heavy atom. The van der Waals surface area contributed by atoms with Gasteiger partial charge >= 0.3 is 0 Å². The molecule has 0 fully saturated rings. The first-order chi connectivity index (χ1) is 9.43. The van der Waals surface area contributed by atoms with E-state index in [4.69, 9.17) is 5.11 Å². The molecule has 3 N–H and O–H groups in total. The molecule has 112 valence electrons. The number of halogens is 2. The maximum absolute atomic E-state index is 12.2. The third-order valence-electron chi connectivity index (χ3n) is 2.51. The van der Waals surface area contributed by atoms with E-state index in [1.165, 1.54) is 12.1 Å². The molecular weight excluding hydrogens is 272 g/mol. The van der Waals surface area contributed by atoms with Gasteiger partial charge in [0.1, 0.15) is 6.10 Å². The first-order valence-corrected chi connectivity index (χ1v) is 6.17. The van der Waals surface area contributed by atoms with Crippen LogP contribution in [0.2, 0.25) is 0 Å². The van der Waals surface area contributed by atoms with Gasteiger partial charge in [-0.15, -0.1) is 0 Å². The molecule has 0 radical (unpaired) electrons. The predicted molar refractivity (Wildman–Crippen MR) is 72.4 cm³/mol. The molecule has 0 aliphatic heterocycles. The molecule has 0 bridgehead atoms. The lowest BCUT2D eigenvalue weighted by atomic mass is 10.2. The number of alkyl halides is 2. The maximum atomic E-state index is 12.2. The number of nitro groups is 1. The van der Waals surface area contributed by atoms with Gasteiger partial charge in [-0.05, 0) is 12.5 Å². The molecule has 1 unspecified atom stereocenters. The lowest BCUT2D eigenvalue weighted by Crippen LogP contribution is -2.26. The van der Waals surface area contributed by atoms with Crippen LogP contribution in [0.4, 0.5) is 25.8 Å². The Labute approximate surface area is 114 Å². The molecule has 1 aromatic carbocycles. The fourth-order valence-electron chi connectivity index (χ4n) is 1.50. The van der Waals surface area contributed by atoms with Gasteiger partial charge in [-0.2, -0.15) is 0 Å². The number of rotatable bonds is 8. The average molecular weight is 289 g/mol. The van der Waals surface area contributed by atoms with Gasteiger partial charge in [0.2, 0.25) is 0 Å². The predicted octanol–water partition coefficient (Wildman–Crippen LogP) is 2.45. The zero-order valence-corrected chi connectivity index (χ0v) is 11.0. The van der Waals surface area contributed by atoms with Gasteiger partial charge in [0, 0.05) is 36.6 Å². The van der Waals surface area contributed by atoms with Gasteiger partial charge in [-0.3, -0.25) is 10.1 Å². The van der Waals surface area contributed by atoms with Crippen molar-refractivity contribution in [1.29, 1.82) is 0 Å². The van der Waals surface area contributed by atoms with Crippen molar-refractivity contribution in [1.82, 2.24) is 0 Å². The first-order valence-electron chi connectivity index (χ1n) is 6.17. The van der Waals surface area contributed by atoms with E-state index in [9.17, 15) is 18.9 Å². The van der Waals surface area contributed by atoms with Crippen molar-refractivity contribution in [3.63, 3.8) is 0 Å². The molecule has 8 heteroatoms. The Morgan fingerprint density at radius 3 is 2.40 bits per heavy atom. The maximum Gasteiger partial charge on any atom is 0.273 e. The summed E-state index contributed by atoms with van der Waals surface area (Å²) in [7, 11) is 0. The fraction of sp³-hybridized carbons (Fsp3) is 0.500. The first kappa shape index (κ1) is 16.1. The quantitative estimate of drug-likeness (QED) is 0.505. The Morgan fingerprint density at radius 1 is 1.30 bits per heavy atom. The molecule has 0 saturated heterocycles. The van der Waals surface area contributed by atoms with Crippen LogP contribution in [0.15, 0.2) is 18.2 Å². The second kappa shape index (κ2) is 7.59. The van der Waals surface area contributed by atoms with E-state index in [1.54, 1.807) is 6.07 Å². The highest BCUT2D eigenvalue weighted by atomic mass is 19.3. The number of nitro benzene ring substituents is 1. The Hall–Kier alpha value is -1.96. The number of nitrogens with one attached hydrogen (secondary N) is 2. The molecule has 0 heterocycles. The van der Waals surface area contributed by atoms with Crippen molar-refractivity contribution in [3.05, 3.63) is 28.3 Å². The fourth-order valence-corrected chi connectivity index (χ4v) is 1.50. The Kier molecular flexibility index (Phi) is 6.10. The number of aliphatic hydroxyl groups is 1. The number of aliphatic hydroxyl groups excluding tert-OH is 1. The summed E-state index contributed by atoms with van der Waals surface area (Å²) in [5.74, 6) is 0. The van der Waals surface area contributed by atoms with Crippen molar-refractivity contribution in [2.24, 2.45) is 0 Å². The van der Waals surface area contributed by atoms with E-state index in [0.717, 1.165) is 6.42 Å². The molecule has 20 heavy (non-hydrogen) atoms. The minimum atomic E-state index is -2.86. The minimum Gasteiger partial charge on any atom is -0.385 e. The standard InChI is InChI=1S/C12H17F2N3O3/c1-2-3-15-8-4-9(6-10(5-8)17(19)20)16-7-11(18)12(13)14/h4-6,11-12,15-16,18H,2-3,7H2,1H3. The molecule has 1 rings (SSSR count). The molecule has 1 atom stereocenters. The number of hydrogen-bond acceptors (Lipinski definition) is 5. The smallest absolute Gasteiger partial charge is 0.273 e. The molecule has 1 aromatic rings. The van der Waals surface area contributed by atoms with Crippen molar-refractivity contribution in [2.75, 3.05) is 23.7 Å². The van der Waals surface area contributed by atoms with Gasteiger partial charge in [0.15, 0.2) is 0 Å². The van der Waals surface area contributed by atoms with Gasteiger partial charge in [0.25, 0.3) is 12.1 Å². The zero-order chi connectivity index (χ0) is 15.1. The molecular formula is C12H17F2N3O3. The molecule has 0 aliphatic carbocycles. The molecule has 0 aromatic heterocycles. The van der Waals surface area contributed by atoms with E-state index in [-0.39, 0.29) is 12.2 Å². The summed E-state index contributed by atoms with van der Waals surface area (Å²) in [6, 6.07) is 4.17. The number of non-ortho nitro benzene ring substituents is 1. The third-order valence-corrected chi connectivity index (χ3v) is 2.51. The van der Waals surface area contributed by atoms with Crippen LogP contribution in [0.5, 0.6) is 0 Å². The van der Waals surface area contributed by atoms with Crippen LogP contribution in [-0.4, -0.2) is 35.6 Å². The van der Waals surface area contributed by atoms with Crippen LogP contribution in [0, 0.1) is 10.1 Å². The van der Waals surface area contributed by atoms with Gasteiger partial charge < -0.3 is 15.7 Å². The molecule has 0 spiro atoms. The van der Waals surface area contributed by atoms with Crippen LogP contribution in [0.25, 0.3) is 0 Å². The van der Waals surface area contributed by atoms with E-state index in [1.807, 2.05) is 6.92 Å². The number of anilines is 2. The highest BCUT2D eigenvalue weighted by molar-refractivity contribution is 5.63. The van der Waals surface area contributed by atoms with Crippen LogP contribution >= 0.6 is 0 Å². The summed E-state index contributed by atoms with van der Waals surface area (Å²) in [5, 5.41) is 25.4. The van der Waals surface area contributed by atoms with Crippen LogP contribution in [0.1, 0.15) is 13.3 Å². The summed E-state index contributed by atoms with van der Waals surface area (Å²) in [4.78, 5) is 10.2. The van der Waals surface area contributed by atoms with Crippen molar-refractivity contribution in [2.45, 2.75) is 25.9 Å². The summed E-state index contributed by atoms with van der Waals surface area (Å²) in [5.41, 5.74) is 0.674. The molecule has 0 amide bonds. The van der Waals surface area contributed by atoms with Crippen LogP contribution < -0.4 is 10.6 Å². The largest absolute Gasteiger partial charge is 0.385 e. The van der Waals surface area contributed by atoms with Gasteiger partial charge in [0.05, 0.1) is 4.92 Å². The zero-order valence-electron chi connectivity index (χ0n) is 11.0. The second-order valence-corrected chi connectivity index (χ2v) is 4.24.